The highest BCUT2D eigenvalue weighted by Gasteiger charge is 2.24. The number of hydrogen-bond acceptors (Lipinski definition) is 8. The molecule has 0 bridgehead atoms. The summed E-state index contributed by atoms with van der Waals surface area (Å²) in [6.45, 7) is 7.88. The van der Waals surface area contributed by atoms with Crippen molar-refractivity contribution in [3.63, 3.8) is 0 Å². The number of ether oxygens (including phenoxy) is 7. The largest absolute Gasteiger partial charge is 0.462 e. The van der Waals surface area contributed by atoms with E-state index in [1.54, 1.807) is 28.4 Å². The Labute approximate surface area is 170 Å². The maximum absolute atomic E-state index is 12.0. The highest BCUT2D eigenvalue weighted by Crippen LogP contribution is 2.15. The lowest BCUT2D eigenvalue weighted by Crippen LogP contribution is -2.32. The number of esters is 1. The molecule has 0 N–H and O–H groups in total. The Morgan fingerprint density at radius 2 is 1.29 bits per heavy atom. The van der Waals surface area contributed by atoms with E-state index in [-0.39, 0.29) is 30.9 Å². The van der Waals surface area contributed by atoms with E-state index >= 15 is 0 Å². The van der Waals surface area contributed by atoms with E-state index in [0.717, 1.165) is 0 Å². The van der Waals surface area contributed by atoms with Crippen LogP contribution in [0.2, 0.25) is 0 Å². The van der Waals surface area contributed by atoms with Gasteiger partial charge in [0.15, 0.2) is 0 Å². The van der Waals surface area contributed by atoms with Gasteiger partial charge in [0, 0.05) is 41.7 Å². The third-order valence-corrected chi connectivity index (χ3v) is 4.07. The summed E-state index contributed by atoms with van der Waals surface area (Å²) in [6, 6.07) is 0. The van der Waals surface area contributed by atoms with Crippen molar-refractivity contribution in [2.24, 2.45) is 5.41 Å². The smallest absolute Gasteiger partial charge is 0.311 e. The second-order valence-corrected chi connectivity index (χ2v) is 7.62. The first kappa shape index (κ1) is 27.2. The molecule has 28 heavy (non-hydrogen) atoms. The maximum Gasteiger partial charge on any atom is 0.311 e. The average molecular weight is 409 g/mol. The molecular weight excluding hydrogens is 368 g/mol. The lowest BCUT2D eigenvalue weighted by Gasteiger charge is -2.23. The van der Waals surface area contributed by atoms with Crippen molar-refractivity contribution in [1.82, 2.24) is 0 Å². The van der Waals surface area contributed by atoms with Crippen molar-refractivity contribution in [2.45, 2.75) is 51.9 Å². The zero-order valence-electron chi connectivity index (χ0n) is 18.7. The fourth-order valence-corrected chi connectivity index (χ4v) is 2.24. The van der Waals surface area contributed by atoms with E-state index in [0.29, 0.717) is 45.9 Å². The second-order valence-electron chi connectivity index (χ2n) is 7.62. The summed E-state index contributed by atoms with van der Waals surface area (Å²) in [5.41, 5.74) is -0.559. The van der Waals surface area contributed by atoms with Gasteiger partial charge >= 0.3 is 5.97 Å². The van der Waals surface area contributed by atoms with E-state index in [4.69, 9.17) is 33.2 Å². The van der Waals surface area contributed by atoms with Crippen molar-refractivity contribution in [3.05, 3.63) is 0 Å². The Morgan fingerprint density at radius 3 is 1.75 bits per heavy atom. The van der Waals surface area contributed by atoms with Gasteiger partial charge in [-0.25, -0.2) is 0 Å². The van der Waals surface area contributed by atoms with Crippen LogP contribution in [-0.2, 0) is 38.0 Å². The van der Waals surface area contributed by atoms with Crippen LogP contribution in [0.3, 0.4) is 0 Å². The van der Waals surface area contributed by atoms with Gasteiger partial charge in [0.2, 0.25) is 0 Å². The van der Waals surface area contributed by atoms with Gasteiger partial charge in [0.05, 0.1) is 37.4 Å². The second kappa shape index (κ2) is 16.1. The van der Waals surface area contributed by atoms with Gasteiger partial charge in [0.25, 0.3) is 0 Å². The first-order valence-corrected chi connectivity index (χ1v) is 9.68. The monoisotopic (exact) mass is 408 g/mol. The third kappa shape index (κ3) is 13.4. The summed E-state index contributed by atoms with van der Waals surface area (Å²) >= 11 is 0. The van der Waals surface area contributed by atoms with E-state index in [1.165, 1.54) is 0 Å². The minimum Gasteiger partial charge on any atom is -0.462 e. The highest BCUT2D eigenvalue weighted by atomic mass is 16.6. The summed E-state index contributed by atoms with van der Waals surface area (Å²) in [6.07, 6.45) is 0.973. The molecule has 0 radical (unpaired) electrons. The summed E-state index contributed by atoms with van der Waals surface area (Å²) in [5, 5.41) is 0. The minimum absolute atomic E-state index is 0.0143. The minimum atomic E-state index is -0.559. The van der Waals surface area contributed by atoms with Gasteiger partial charge in [-0.15, -0.1) is 0 Å². The first-order chi connectivity index (χ1) is 13.3. The molecule has 0 aliphatic carbocycles. The first-order valence-electron chi connectivity index (χ1n) is 9.68. The Hall–Kier alpha value is -0.770. The van der Waals surface area contributed by atoms with Crippen molar-refractivity contribution in [3.8, 4) is 0 Å². The van der Waals surface area contributed by atoms with Gasteiger partial charge in [-0.3, -0.25) is 4.79 Å². The molecule has 168 valence electrons. The molecule has 8 heteroatoms. The number of carbonyl (C=O) groups is 1. The quantitative estimate of drug-likeness (QED) is 0.267. The van der Waals surface area contributed by atoms with Crippen LogP contribution in [-0.4, -0.2) is 92.4 Å². The van der Waals surface area contributed by atoms with Crippen molar-refractivity contribution in [2.75, 3.05) is 68.1 Å². The molecule has 3 atom stereocenters. The van der Waals surface area contributed by atoms with Crippen LogP contribution in [0.15, 0.2) is 0 Å². The molecule has 8 nitrogen and oxygen atoms in total. The van der Waals surface area contributed by atoms with Gasteiger partial charge in [-0.1, -0.05) is 0 Å². The van der Waals surface area contributed by atoms with Gasteiger partial charge in [-0.2, -0.15) is 0 Å². The Morgan fingerprint density at radius 1 is 0.750 bits per heavy atom. The molecule has 0 spiro atoms. The molecule has 0 aromatic heterocycles. The summed E-state index contributed by atoms with van der Waals surface area (Å²) in [5.74, 6) is -0.269. The standard InChI is InChI=1S/C20H40O8/c1-20(2,3)19(21)28-15-18(27-11-9-17(25-7)13-23-5)14-26-10-8-16(24-6)12-22-4/h16-18H,8-15H2,1-7H3. The number of methoxy groups -OCH3 is 4. The molecular formula is C20H40O8. The van der Waals surface area contributed by atoms with E-state index < -0.39 is 5.41 Å². The van der Waals surface area contributed by atoms with Gasteiger partial charge in [0.1, 0.15) is 12.7 Å². The fraction of sp³-hybridized carbons (Fsp3) is 0.950. The summed E-state index contributed by atoms with van der Waals surface area (Å²) < 4.78 is 37.8. The Balaban J connectivity index is 4.43. The predicted octanol–water partition coefficient (Wildman–Crippen LogP) is 2.08. The molecule has 0 saturated carbocycles. The molecule has 0 aliphatic heterocycles. The van der Waals surface area contributed by atoms with Crippen LogP contribution < -0.4 is 0 Å². The molecule has 0 aromatic rings. The van der Waals surface area contributed by atoms with Crippen LogP contribution in [0.1, 0.15) is 33.6 Å². The zero-order chi connectivity index (χ0) is 21.4. The molecule has 3 unspecified atom stereocenters. The molecule has 0 aromatic carbocycles. The Bertz CT molecular complexity index is 383. The van der Waals surface area contributed by atoms with Crippen LogP contribution in [0.4, 0.5) is 0 Å². The molecule has 0 aliphatic rings. The number of rotatable bonds is 17. The van der Waals surface area contributed by atoms with Crippen molar-refractivity contribution in [1.29, 1.82) is 0 Å². The normalized spacial score (nSPS) is 15.2. The van der Waals surface area contributed by atoms with E-state index in [9.17, 15) is 4.79 Å². The van der Waals surface area contributed by atoms with Gasteiger partial charge < -0.3 is 33.2 Å². The van der Waals surface area contributed by atoms with Crippen LogP contribution >= 0.6 is 0 Å². The van der Waals surface area contributed by atoms with Crippen LogP contribution in [0.25, 0.3) is 0 Å². The molecule has 0 heterocycles. The van der Waals surface area contributed by atoms with Crippen molar-refractivity contribution >= 4 is 5.97 Å². The lowest BCUT2D eigenvalue weighted by atomic mass is 9.97. The summed E-state index contributed by atoms with van der Waals surface area (Å²) in [7, 11) is 6.55. The maximum atomic E-state index is 12.0. The van der Waals surface area contributed by atoms with Crippen LogP contribution in [0.5, 0.6) is 0 Å². The third-order valence-electron chi connectivity index (χ3n) is 4.07. The molecule has 0 amide bonds. The Kier molecular flexibility index (Phi) is 15.6. The molecule has 0 fully saturated rings. The topological polar surface area (TPSA) is 81.7 Å². The number of hydrogen-bond donors (Lipinski definition) is 0. The predicted molar refractivity (Wildman–Crippen MR) is 106 cm³/mol. The number of carbonyl (C=O) groups excluding carboxylic acids is 1. The lowest BCUT2D eigenvalue weighted by molar-refractivity contribution is -0.159. The summed E-state index contributed by atoms with van der Waals surface area (Å²) in [4.78, 5) is 12.0. The fourth-order valence-electron chi connectivity index (χ4n) is 2.24. The molecule has 0 saturated heterocycles. The van der Waals surface area contributed by atoms with Crippen LogP contribution in [0, 0.1) is 5.41 Å². The molecule has 0 rings (SSSR count). The SMILES string of the molecule is COCC(CCOCC(COC(=O)C(C)(C)C)OCCC(COC)OC)OC. The van der Waals surface area contributed by atoms with Gasteiger partial charge in [-0.05, 0) is 33.6 Å². The van der Waals surface area contributed by atoms with Crippen molar-refractivity contribution < 1.29 is 38.0 Å². The van der Waals surface area contributed by atoms with E-state index in [2.05, 4.69) is 0 Å². The van der Waals surface area contributed by atoms with E-state index in [1.807, 2.05) is 20.8 Å². The average Bonchev–Trinajstić information content (AvgIpc) is 2.65. The highest BCUT2D eigenvalue weighted by molar-refractivity contribution is 5.75. The zero-order valence-corrected chi connectivity index (χ0v) is 18.7.